The minimum atomic E-state index is -0.643. The number of ether oxygens (including phenoxy) is 3. The highest BCUT2D eigenvalue weighted by Crippen LogP contribution is 2.47. The number of benzene rings is 2. The van der Waals surface area contributed by atoms with E-state index in [1.54, 1.807) is 6.92 Å². The second-order valence-electron chi connectivity index (χ2n) is 5.54. The van der Waals surface area contributed by atoms with Crippen LogP contribution in [-0.2, 0) is 0 Å². The van der Waals surface area contributed by atoms with Crippen LogP contribution in [-0.4, -0.2) is 43.1 Å². The van der Waals surface area contributed by atoms with E-state index in [2.05, 4.69) is 0 Å². The fraction of sp³-hybridized carbons (Fsp3) is 0.222. The summed E-state index contributed by atoms with van der Waals surface area (Å²) in [5.41, 5.74) is -0.135. The highest BCUT2D eigenvalue weighted by Gasteiger charge is 2.39. The van der Waals surface area contributed by atoms with Crippen LogP contribution in [0.25, 0.3) is 0 Å². The van der Waals surface area contributed by atoms with Crippen molar-refractivity contribution in [2.24, 2.45) is 0 Å². The molecule has 0 spiro atoms. The molecule has 0 atom stereocenters. The molecule has 3 rings (SSSR count). The van der Waals surface area contributed by atoms with Crippen LogP contribution in [0.4, 0.5) is 0 Å². The first-order chi connectivity index (χ1) is 11.9. The van der Waals surface area contributed by atoms with E-state index >= 15 is 0 Å². The molecular weight excluding hydrogens is 328 g/mol. The molecule has 1 aliphatic carbocycles. The van der Waals surface area contributed by atoms with Crippen LogP contribution < -0.4 is 14.2 Å². The Balaban J connectivity index is 2.42. The van der Waals surface area contributed by atoms with E-state index in [9.17, 15) is 19.8 Å². The first kappa shape index (κ1) is 16.6. The van der Waals surface area contributed by atoms with Gasteiger partial charge in [-0.1, -0.05) is 0 Å². The second-order valence-corrected chi connectivity index (χ2v) is 5.54. The number of phenolic OH excluding ortho intramolecular Hbond substituents is 2. The number of aromatic hydroxyl groups is 2. The predicted molar refractivity (Wildman–Crippen MR) is 87.5 cm³/mol. The second kappa shape index (κ2) is 5.70. The summed E-state index contributed by atoms with van der Waals surface area (Å²) >= 11 is 0. The lowest BCUT2D eigenvalue weighted by molar-refractivity contribution is 0.0970. The topological polar surface area (TPSA) is 102 Å². The summed E-state index contributed by atoms with van der Waals surface area (Å²) in [6.45, 7) is 1.59. The molecule has 1 aliphatic rings. The Morgan fingerprint density at radius 2 is 1.40 bits per heavy atom. The van der Waals surface area contributed by atoms with Crippen molar-refractivity contribution in [1.82, 2.24) is 0 Å². The average molecular weight is 344 g/mol. The van der Waals surface area contributed by atoms with E-state index in [0.717, 1.165) is 0 Å². The van der Waals surface area contributed by atoms with Crippen molar-refractivity contribution in [1.29, 1.82) is 0 Å². The van der Waals surface area contributed by atoms with E-state index in [1.807, 2.05) is 0 Å². The van der Waals surface area contributed by atoms with Crippen LogP contribution in [0.5, 0.6) is 28.7 Å². The van der Waals surface area contributed by atoms with Crippen molar-refractivity contribution in [3.8, 4) is 28.7 Å². The van der Waals surface area contributed by atoms with Crippen molar-refractivity contribution >= 4 is 11.6 Å². The standard InChI is InChI=1S/C18H16O7/c1-7-5-9(23-2)12-13(14(7)19)15(20)8-6-10(24-3)18(25-4)17(22)11(8)16(12)21/h5-6,19,22H,1-4H3. The summed E-state index contributed by atoms with van der Waals surface area (Å²) in [5.74, 6) is -1.86. The molecule has 0 heterocycles. The molecule has 130 valence electrons. The number of fused-ring (bicyclic) bond motifs is 2. The van der Waals surface area contributed by atoms with Crippen molar-refractivity contribution in [2.45, 2.75) is 6.92 Å². The number of carbonyl (C=O) groups is 2. The van der Waals surface area contributed by atoms with Crippen LogP contribution in [0.3, 0.4) is 0 Å². The van der Waals surface area contributed by atoms with Gasteiger partial charge in [-0.05, 0) is 24.6 Å². The fourth-order valence-electron chi connectivity index (χ4n) is 3.03. The van der Waals surface area contributed by atoms with E-state index in [4.69, 9.17) is 14.2 Å². The van der Waals surface area contributed by atoms with Gasteiger partial charge < -0.3 is 24.4 Å². The van der Waals surface area contributed by atoms with Crippen LogP contribution in [0.1, 0.15) is 37.4 Å². The molecule has 0 aliphatic heterocycles. The fourth-order valence-corrected chi connectivity index (χ4v) is 3.03. The molecule has 2 aromatic carbocycles. The normalized spacial score (nSPS) is 12.5. The summed E-state index contributed by atoms with van der Waals surface area (Å²) in [5, 5.41) is 20.8. The molecule has 0 aromatic heterocycles. The van der Waals surface area contributed by atoms with Crippen LogP contribution >= 0.6 is 0 Å². The zero-order valence-electron chi connectivity index (χ0n) is 14.1. The van der Waals surface area contributed by atoms with Gasteiger partial charge in [0.2, 0.25) is 11.5 Å². The Labute approximate surface area is 143 Å². The third-order valence-electron chi connectivity index (χ3n) is 4.24. The summed E-state index contributed by atoms with van der Waals surface area (Å²) < 4.78 is 15.4. The smallest absolute Gasteiger partial charge is 0.203 e. The number of rotatable bonds is 3. The molecule has 2 aromatic rings. The van der Waals surface area contributed by atoms with E-state index < -0.39 is 17.3 Å². The first-order valence-electron chi connectivity index (χ1n) is 7.35. The van der Waals surface area contributed by atoms with Gasteiger partial charge in [-0.2, -0.15) is 0 Å². The van der Waals surface area contributed by atoms with Gasteiger partial charge in [-0.3, -0.25) is 9.59 Å². The first-order valence-corrected chi connectivity index (χ1v) is 7.35. The molecule has 7 nitrogen and oxygen atoms in total. The minimum Gasteiger partial charge on any atom is -0.507 e. The van der Waals surface area contributed by atoms with E-state index in [-0.39, 0.29) is 45.3 Å². The molecule has 0 saturated heterocycles. The molecule has 7 heteroatoms. The third-order valence-corrected chi connectivity index (χ3v) is 4.24. The zero-order valence-corrected chi connectivity index (χ0v) is 14.1. The van der Waals surface area contributed by atoms with Crippen molar-refractivity contribution in [2.75, 3.05) is 21.3 Å². The quantitative estimate of drug-likeness (QED) is 0.751. The van der Waals surface area contributed by atoms with Gasteiger partial charge in [-0.15, -0.1) is 0 Å². The molecule has 0 amide bonds. The van der Waals surface area contributed by atoms with Crippen LogP contribution in [0, 0.1) is 6.92 Å². The van der Waals surface area contributed by atoms with Gasteiger partial charge in [0.05, 0.1) is 38.0 Å². The number of phenols is 2. The lowest BCUT2D eigenvalue weighted by Gasteiger charge is -2.23. The molecule has 0 fully saturated rings. The Morgan fingerprint density at radius 1 is 0.760 bits per heavy atom. The van der Waals surface area contributed by atoms with Gasteiger partial charge >= 0.3 is 0 Å². The number of aryl methyl sites for hydroxylation is 1. The van der Waals surface area contributed by atoms with Crippen molar-refractivity contribution in [3.05, 3.63) is 39.9 Å². The van der Waals surface area contributed by atoms with Crippen molar-refractivity contribution < 1.29 is 34.0 Å². The highest BCUT2D eigenvalue weighted by molar-refractivity contribution is 6.31. The van der Waals surface area contributed by atoms with Gasteiger partial charge in [-0.25, -0.2) is 0 Å². The summed E-state index contributed by atoms with van der Waals surface area (Å²) in [4.78, 5) is 25.9. The number of ketones is 2. The van der Waals surface area contributed by atoms with Crippen molar-refractivity contribution in [3.63, 3.8) is 0 Å². The Morgan fingerprint density at radius 3 is 1.96 bits per heavy atom. The molecule has 2 N–H and O–H groups in total. The maximum absolute atomic E-state index is 13.0. The summed E-state index contributed by atoms with van der Waals surface area (Å²) in [6.07, 6.45) is 0. The van der Waals surface area contributed by atoms with Gasteiger partial charge in [0.25, 0.3) is 0 Å². The minimum absolute atomic E-state index is 0.0545. The van der Waals surface area contributed by atoms with Crippen LogP contribution in [0.2, 0.25) is 0 Å². The molecule has 0 unspecified atom stereocenters. The Kier molecular flexibility index (Phi) is 3.79. The molecule has 0 saturated carbocycles. The Bertz CT molecular complexity index is 928. The zero-order chi connectivity index (χ0) is 18.5. The summed E-state index contributed by atoms with van der Waals surface area (Å²) in [6, 6.07) is 2.77. The molecule has 0 bridgehead atoms. The molecular formula is C18H16O7. The summed E-state index contributed by atoms with van der Waals surface area (Å²) in [7, 11) is 4.01. The van der Waals surface area contributed by atoms with Gasteiger partial charge in [0.15, 0.2) is 17.3 Å². The van der Waals surface area contributed by atoms with Crippen LogP contribution in [0.15, 0.2) is 12.1 Å². The number of methoxy groups -OCH3 is 3. The van der Waals surface area contributed by atoms with E-state index in [0.29, 0.717) is 5.56 Å². The average Bonchev–Trinajstić information content (AvgIpc) is 2.60. The Hall–Kier alpha value is -3.22. The lowest BCUT2D eigenvalue weighted by Crippen LogP contribution is -2.23. The number of hydrogen-bond acceptors (Lipinski definition) is 7. The maximum atomic E-state index is 13.0. The molecule has 25 heavy (non-hydrogen) atoms. The third kappa shape index (κ3) is 2.12. The highest BCUT2D eigenvalue weighted by atomic mass is 16.5. The van der Waals surface area contributed by atoms with Gasteiger partial charge in [0, 0.05) is 5.56 Å². The predicted octanol–water partition coefficient (Wildman–Crippen LogP) is 2.21. The van der Waals surface area contributed by atoms with E-state index in [1.165, 1.54) is 33.5 Å². The largest absolute Gasteiger partial charge is 0.507 e. The maximum Gasteiger partial charge on any atom is 0.203 e. The number of carbonyl (C=O) groups excluding carboxylic acids is 2. The monoisotopic (exact) mass is 344 g/mol. The molecule has 0 radical (unpaired) electrons. The number of hydrogen-bond donors (Lipinski definition) is 2. The van der Waals surface area contributed by atoms with Gasteiger partial charge in [0.1, 0.15) is 11.5 Å². The lowest BCUT2D eigenvalue weighted by atomic mass is 9.81. The SMILES string of the molecule is COc1cc2c(c(O)c1OC)C(=O)c1c(OC)cc(C)c(O)c1C2=O.